The van der Waals surface area contributed by atoms with Crippen molar-refractivity contribution < 1.29 is 9.47 Å². The number of ether oxygens (including phenoxy) is 2. The number of nitrogens with zero attached hydrogens (tertiary/aromatic N) is 2. The lowest BCUT2D eigenvalue weighted by molar-refractivity contribution is 0.471. The lowest BCUT2D eigenvalue weighted by atomic mass is 9.72. The SMILES string of the molecule is CC1(C)c2ccc(-c3ccc(-c4ccc5c(c4)N4c6ccccc6Oc6cccc(c64)C5(C)C)cc3)cc2N2c3ccccc3Oc3cccc1c32. The van der Waals surface area contributed by atoms with Gasteiger partial charge in [0.15, 0.2) is 23.0 Å². The lowest BCUT2D eigenvalue weighted by Crippen LogP contribution is -2.32. The molecule has 0 atom stereocenters. The van der Waals surface area contributed by atoms with Crippen LogP contribution in [0.15, 0.2) is 146 Å². The van der Waals surface area contributed by atoms with Crippen LogP contribution in [-0.2, 0) is 10.8 Å². The molecule has 11 rings (SSSR count). The highest BCUT2D eigenvalue weighted by Gasteiger charge is 2.43. The van der Waals surface area contributed by atoms with E-state index < -0.39 is 0 Å². The monoisotopic (exact) mass is 672 g/mol. The first kappa shape index (κ1) is 29.5. The van der Waals surface area contributed by atoms with Gasteiger partial charge in [0, 0.05) is 10.8 Å². The number of rotatable bonds is 2. The van der Waals surface area contributed by atoms with Gasteiger partial charge in [0.05, 0.1) is 34.1 Å². The Kier molecular flexibility index (Phi) is 5.76. The average molecular weight is 673 g/mol. The van der Waals surface area contributed by atoms with Crippen molar-refractivity contribution in [3.8, 4) is 45.3 Å². The second-order valence-electron chi connectivity index (χ2n) is 15.4. The Labute approximate surface area is 304 Å². The molecule has 4 heterocycles. The van der Waals surface area contributed by atoms with Gasteiger partial charge in [0.1, 0.15) is 0 Å². The van der Waals surface area contributed by atoms with Gasteiger partial charge in [-0.05, 0) is 93.0 Å². The van der Waals surface area contributed by atoms with Crippen LogP contribution in [0.1, 0.15) is 49.9 Å². The number of hydrogen-bond acceptors (Lipinski definition) is 4. The third kappa shape index (κ3) is 3.87. The third-order valence-electron chi connectivity index (χ3n) is 11.8. The molecule has 0 saturated heterocycles. The molecule has 0 bridgehead atoms. The maximum absolute atomic E-state index is 6.46. The first-order valence-electron chi connectivity index (χ1n) is 18.1. The lowest BCUT2D eigenvalue weighted by Gasteiger charge is -2.45. The van der Waals surface area contributed by atoms with Crippen LogP contribution in [0.4, 0.5) is 34.1 Å². The van der Waals surface area contributed by atoms with Crippen molar-refractivity contribution >= 4 is 34.1 Å². The van der Waals surface area contributed by atoms with Gasteiger partial charge < -0.3 is 19.3 Å². The topological polar surface area (TPSA) is 24.9 Å². The molecule has 0 aliphatic carbocycles. The van der Waals surface area contributed by atoms with Crippen LogP contribution < -0.4 is 19.3 Å². The zero-order chi connectivity index (χ0) is 34.9. The quantitative estimate of drug-likeness (QED) is 0.182. The molecule has 4 heteroatoms. The van der Waals surface area contributed by atoms with E-state index in [0.29, 0.717) is 0 Å². The minimum atomic E-state index is -0.182. The van der Waals surface area contributed by atoms with Gasteiger partial charge in [-0.3, -0.25) is 0 Å². The molecule has 52 heavy (non-hydrogen) atoms. The van der Waals surface area contributed by atoms with E-state index in [-0.39, 0.29) is 10.8 Å². The summed E-state index contributed by atoms with van der Waals surface area (Å²) in [7, 11) is 0. The highest BCUT2D eigenvalue weighted by molar-refractivity contribution is 5.96. The predicted octanol–water partition coefficient (Wildman–Crippen LogP) is 13.5. The molecule has 4 aliphatic heterocycles. The molecule has 0 saturated carbocycles. The molecule has 7 aromatic rings. The Morgan fingerprint density at radius 2 is 0.731 bits per heavy atom. The molecular weight excluding hydrogens is 637 g/mol. The van der Waals surface area contributed by atoms with Crippen LogP contribution in [0.2, 0.25) is 0 Å². The maximum atomic E-state index is 6.46. The number of fused-ring (bicyclic) bond motifs is 8. The molecule has 0 aromatic heterocycles. The van der Waals surface area contributed by atoms with Gasteiger partial charge in [0.2, 0.25) is 0 Å². The highest BCUT2D eigenvalue weighted by atomic mass is 16.5. The molecule has 0 amide bonds. The standard InChI is InChI=1S/C48H36N2O2/c1-47(2)33-25-23-31(27-39(33)49-37-13-5-7-15-41(37)51-43-17-9-11-35(47)45(43)49)29-19-21-30(22-20-29)32-24-26-34-40(28-32)50-38-14-6-8-16-42(38)52-44-18-10-12-36(46(44)50)48(34,3)4/h5-28H,1-4H3. The highest BCUT2D eigenvalue weighted by Crippen LogP contribution is 2.61. The van der Waals surface area contributed by atoms with E-state index in [1.807, 2.05) is 12.1 Å². The zero-order valence-corrected chi connectivity index (χ0v) is 29.6. The van der Waals surface area contributed by atoms with Crippen LogP contribution in [-0.4, -0.2) is 0 Å². The van der Waals surface area contributed by atoms with Crippen LogP contribution in [0.3, 0.4) is 0 Å². The fourth-order valence-corrected chi connectivity index (χ4v) is 9.11. The summed E-state index contributed by atoms with van der Waals surface area (Å²) in [6.45, 7) is 9.29. The summed E-state index contributed by atoms with van der Waals surface area (Å²) in [5, 5.41) is 0. The van der Waals surface area contributed by atoms with E-state index in [4.69, 9.17) is 9.47 Å². The molecule has 250 valence electrons. The normalized spacial score (nSPS) is 15.8. The minimum absolute atomic E-state index is 0.182. The van der Waals surface area contributed by atoms with Crippen molar-refractivity contribution in [1.82, 2.24) is 0 Å². The fourth-order valence-electron chi connectivity index (χ4n) is 9.11. The zero-order valence-electron chi connectivity index (χ0n) is 29.6. The molecule has 7 aromatic carbocycles. The van der Waals surface area contributed by atoms with Crippen LogP contribution in [0.25, 0.3) is 22.3 Å². The van der Waals surface area contributed by atoms with E-state index in [1.54, 1.807) is 0 Å². The second-order valence-corrected chi connectivity index (χ2v) is 15.4. The number of para-hydroxylation sites is 6. The Morgan fingerprint density at radius 1 is 0.346 bits per heavy atom. The first-order valence-corrected chi connectivity index (χ1v) is 18.1. The average Bonchev–Trinajstić information content (AvgIpc) is 3.17. The van der Waals surface area contributed by atoms with E-state index >= 15 is 0 Å². The van der Waals surface area contributed by atoms with E-state index in [1.165, 1.54) is 55.9 Å². The van der Waals surface area contributed by atoms with Crippen LogP contribution in [0, 0.1) is 0 Å². The van der Waals surface area contributed by atoms with Gasteiger partial charge in [-0.2, -0.15) is 0 Å². The second kappa shape index (κ2) is 10.2. The van der Waals surface area contributed by atoms with E-state index in [0.717, 1.165) is 45.7 Å². The summed E-state index contributed by atoms with van der Waals surface area (Å²) in [6.07, 6.45) is 0. The van der Waals surface area contributed by atoms with Crippen molar-refractivity contribution in [2.45, 2.75) is 38.5 Å². The summed E-state index contributed by atoms with van der Waals surface area (Å²) in [5.74, 6) is 3.55. The maximum Gasteiger partial charge on any atom is 0.151 e. The van der Waals surface area contributed by atoms with Gasteiger partial charge in [-0.1, -0.05) is 125 Å². The molecule has 4 aliphatic rings. The van der Waals surface area contributed by atoms with Crippen LogP contribution >= 0.6 is 0 Å². The Bertz CT molecular complexity index is 2470. The molecule has 0 radical (unpaired) electrons. The van der Waals surface area contributed by atoms with Crippen LogP contribution in [0.5, 0.6) is 23.0 Å². The summed E-state index contributed by atoms with van der Waals surface area (Å²) < 4.78 is 12.9. The Balaban J connectivity index is 1.00. The third-order valence-corrected chi connectivity index (χ3v) is 11.8. The first-order chi connectivity index (χ1) is 25.3. The molecule has 4 nitrogen and oxygen atoms in total. The Hall–Kier alpha value is -6.26. The largest absolute Gasteiger partial charge is 0.453 e. The molecule has 0 unspecified atom stereocenters. The molecule has 0 spiro atoms. The van der Waals surface area contributed by atoms with Gasteiger partial charge in [-0.25, -0.2) is 0 Å². The van der Waals surface area contributed by atoms with Crippen molar-refractivity contribution in [3.05, 3.63) is 168 Å². The predicted molar refractivity (Wildman–Crippen MR) is 211 cm³/mol. The van der Waals surface area contributed by atoms with Gasteiger partial charge >= 0.3 is 0 Å². The van der Waals surface area contributed by atoms with E-state index in [9.17, 15) is 0 Å². The van der Waals surface area contributed by atoms with Gasteiger partial charge in [0.25, 0.3) is 0 Å². The number of hydrogen-bond donors (Lipinski definition) is 0. The summed E-state index contributed by atoms with van der Waals surface area (Å²) in [4.78, 5) is 4.81. The smallest absolute Gasteiger partial charge is 0.151 e. The van der Waals surface area contributed by atoms with Crippen molar-refractivity contribution in [1.29, 1.82) is 0 Å². The molecule has 0 fully saturated rings. The van der Waals surface area contributed by atoms with Crippen molar-refractivity contribution in [3.63, 3.8) is 0 Å². The minimum Gasteiger partial charge on any atom is -0.453 e. The summed E-state index contributed by atoms with van der Waals surface area (Å²) in [5.41, 5.74) is 16.4. The van der Waals surface area contributed by atoms with Crippen molar-refractivity contribution in [2.75, 3.05) is 9.80 Å². The van der Waals surface area contributed by atoms with E-state index in [2.05, 4.69) is 171 Å². The summed E-state index contributed by atoms with van der Waals surface area (Å²) >= 11 is 0. The summed E-state index contributed by atoms with van der Waals surface area (Å²) in [6, 6.07) is 52.6. The molecular formula is C48H36N2O2. The van der Waals surface area contributed by atoms with Gasteiger partial charge in [-0.15, -0.1) is 0 Å². The number of anilines is 6. The van der Waals surface area contributed by atoms with Crippen molar-refractivity contribution in [2.24, 2.45) is 0 Å². The molecule has 0 N–H and O–H groups in total. The fraction of sp³-hybridized carbons (Fsp3) is 0.125. The Morgan fingerprint density at radius 3 is 1.17 bits per heavy atom. The number of benzene rings is 7.